The molecule has 0 aliphatic heterocycles. The van der Waals surface area contributed by atoms with Crippen LogP contribution in [0.15, 0.2) is 18.2 Å². The van der Waals surface area contributed by atoms with Gasteiger partial charge in [0.15, 0.2) is 0 Å². The highest BCUT2D eigenvalue weighted by molar-refractivity contribution is 5.36. The largest absolute Gasteiger partial charge is 0.493 e. The second kappa shape index (κ2) is 7.28. The van der Waals surface area contributed by atoms with Gasteiger partial charge in [-0.05, 0) is 36.8 Å². The van der Waals surface area contributed by atoms with Crippen molar-refractivity contribution in [3.8, 4) is 11.8 Å². The lowest BCUT2D eigenvalue weighted by Gasteiger charge is -2.25. The van der Waals surface area contributed by atoms with Crippen LogP contribution in [0.2, 0.25) is 0 Å². The molecule has 1 aliphatic rings. The maximum atomic E-state index is 13.4. The summed E-state index contributed by atoms with van der Waals surface area (Å²) in [6.45, 7) is 2.95. The molecule has 1 aromatic rings. The summed E-state index contributed by atoms with van der Waals surface area (Å²) in [5, 5.41) is 8.66. The predicted molar refractivity (Wildman–Crippen MR) is 77.0 cm³/mol. The first-order valence-electron chi connectivity index (χ1n) is 7.51. The van der Waals surface area contributed by atoms with E-state index in [1.54, 1.807) is 12.1 Å². The van der Waals surface area contributed by atoms with Gasteiger partial charge in [-0.15, -0.1) is 0 Å². The van der Waals surface area contributed by atoms with E-state index in [0.717, 1.165) is 18.3 Å². The molecule has 20 heavy (non-hydrogen) atoms. The molecule has 0 saturated heterocycles. The summed E-state index contributed by atoms with van der Waals surface area (Å²) < 4.78 is 18.9. The van der Waals surface area contributed by atoms with Crippen LogP contribution in [-0.2, 0) is 0 Å². The molecule has 0 unspecified atom stereocenters. The van der Waals surface area contributed by atoms with Gasteiger partial charge >= 0.3 is 0 Å². The van der Waals surface area contributed by atoms with Crippen LogP contribution in [0.4, 0.5) is 4.39 Å². The highest BCUT2D eigenvalue weighted by atomic mass is 19.1. The van der Waals surface area contributed by atoms with Gasteiger partial charge in [-0.25, -0.2) is 4.39 Å². The molecule has 1 aliphatic carbocycles. The molecule has 0 aromatic heterocycles. The zero-order valence-corrected chi connectivity index (χ0v) is 12.1. The summed E-state index contributed by atoms with van der Waals surface area (Å²) in [4.78, 5) is 0. The molecule has 1 saturated carbocycles. The minimum atomic E-state index is -0.508. The quantitative estimate of drug-likeness (QED) is 0.731. The van der Waals surface area contributed by atoms with Crippen molar-refractivity contribution in [1.29, 1.82) is 5.26 Å². The second-order valence-corrected chi connectivity index (χ2v) is 5.87. The standard InChI is InChI=1S/C17H22FNO/c1-13-4-6-14(7-5-13)3-2-10-20-16-9-8-15(12-19)17(18)11-16/h8-9,11,13-14H,2-7,10H2,1H3/t13-,14-. The fraction of sp³-hybridized carbons (Fsp3) is 0.588. The molecule has 2 rings (SSSR count). The summed E-state index contributed by atoms with van der Waals surface area (Å²) in [5.41, 5.74) is 0.0636. The molecule has 0 radical (unpaired) electrons. The molecule has 2 nitrogen and oxygen atoms in total. The van der Waals surface area contributed by atoms with Crippen molar-refractivity contribution in [2.75, 3.05) is 6.61 Å². The lowest BCUT2D eigenvalue weighted by Crippen LogP contribution is -2.13. The molecule has 0 bridgehead atoms. The van der Waals surface area contributed by atoms with Gasteiger partial charge in [0.1, 0.15) is 17.6 Å². The third-order valence-electron chi connectivity index (χ3n) is 4.22. The minimum Gasteiger partial charge on any atom is -0.493 e. The summed E-state index contributed by atoms with van der Waals surface area (Å²) >= 11 is 0. The Labute approximate surface area is 120 Å². The average molecular weight is 275 g/mol. The van der Waals surface area contributed by atoms with Crippen LogP contribution in [0.5, 0.6) is 5.75 Å². The van der Waals surface area contributed by atoms with Crippen LogP contribution in [0.1, 0.15) is 51.0 Å². The average Bonchev–Trinajstić information content (AvgIpc) is 2.46. The number of hydrogen-bond donors (Lipinski definition) is 0. The Hall–Kier alpha value is -1.56. The molecule has 1 fully saturated rings. The van der Waals surface area contributed by atoms with Gasteiger partial charge in [0, 0.05) is 6.07 Å². The molecular formula is C17H22FNO. The lowest BCUT2D eigenvalue weighted by atomic mass is 9.81. The van der Waals surface area contributed by atoms with Gasteiger partial charge in [-0.3, -0.25) is 0 Å². The monoisotopic (exact) mass is 275 g/mol. The first kappa shape index (κ1) is 14.8. The SMILES string of the molecule is C[C@H]1CC[C@H](CCCOc2ccc(C#N)c(F)c2)CC1. The van der Waals surface area contributed by atoms with Gasteiger partial charge in [-0.1, -0.05) is 32.6 Å². The third-order valence-corrected chi connectivity index (χ3v) is 4.22. The molecule has 0 atom stereocenters. The number of nitrogens with zero attached hydrogens (tertiary/aromatic N) is 1. The van der Waals surface area contributed by atoms with Gasteiger partial charge in [0.2, 0.25) is 0 Å². The summed E-state index contributed by atoms with van der Waals surface area (Å²) in [6.07, 6.45) is 7.60. The second-order valence-electron chi connectivity index (χ2n) is 5.87. The molecular weight excluding hydrogens is 253 g/mol. The van der Waals surface area contributed by atoms with Crippen LogP contribution in [0.25, 0.3) is 0 Å². The third kappa shape index (κ3) is 4.23. The van der Waals surface area contributed by atoms with Gasteiger partial charge < -0.3 is 4.74 Å². The normalized spacial score (nSPS) is 22.2. The number of halogens is 1. The molecule has 1 aromatic carbocycles. The number of rotatable bonds is 5. The fourth-order valence-corrected chi connectivity index (χ4v) is 2.86. The minimum absolute atomic E-state index is 0.0636. The number of ether oxygens (including phenoxy) is 1. The van der Waals surface area contributed by atoms with E-state index in [4.69, 9.17) is 10.00 Å². The van der Waals surface area contributed by atoms with Crippen molar-refractivity contribution in [1.82, 2.24) is 0 Å². The lowest BCUT2D eigenvalue weighted by molar-refractivity contribution is 0.244. The van der Waals surface area contributed by atoms with Crippen molar-refractivity contribution < 1.29 is 9.13 Å². The number of nitriles is 1. The Morgan fingerprint density at radius 3 is 2.70 bits per heavy atom. The van der Waals surface area contributed by atoms with E-state index < -0.39 is 5.82 Å². The zero-order valence-electron chi connectivity index (χ0n) is 12.1. The Morgan fingerprint density at radius 1 is 1.30 bits per heavy atom. The van der Waals surface area contributed by atoms with Crippen LogP contribution >= 0.6 is 0 Å². The van der Waals surface area contributed by atoms with Crippen molar-refractivity contribution in [3.05, 3.63) is 29.6 Å². The van der Waals surface area contributed by atoms with Crippen LogP contribution in [0, 0.1) is 29.0 Å². The van der Waals surface area contributed by atoms with Crippen LogP contribution < -0.4 is 4.74 Å². The molecule has 0 spiro atoms. The van der Waals surface area contributed by atoms with E-state index in [0.29, 0.717) is 12.4 Å². The Balaban J connectivity index is 1.68. The van der Waals surface area contributed by atoms with Crippen molar-refractivity contribution in [3.63, 3.8) is 0 Å². The van der Waals surface area contributed by atoms with E-state index in [1.807, 2.05) is 0 Å². The zero-order chi connectivity index (χ0) is 14.4. The smallest absolute Gasteiger partial charge is 0.144 e. The Morgan fingerprint density at radius 2 is 2.05 bits per heavy atom. The molecule has 0 amide bonds. The van der Waals surface area contributed by atoms with E-state index >= 15 is 0 Å². The van der Waals surface area contributed by atoms with E-state index in [2.05, 4.69) is 6.92 Å². The molecule has 108 valence electrons. The molecule has 0 heterocycles. The predicted octanol–water partition coefficient (Wildman–Crippen LogP) is 4.68. The van der Waals surface area contributed by atoms with E-state index in [9.17, 15) is 4.39 Å². The van der Waals surface area contributed by atoms with Gasteiger partial charge in [-0.2, -0.15) is 5.26 Å². The molecule has 0 N–H and O–H groups in total. The maximum Gasteiger partial charge on any atom is 0.144 e. The highest BCUT2D eigenvalue weighted by Gasteiger charge is 2.17. The first-order chi connectivity index (χ1) is 9.69. The topological polar surface area (TPSA) is 33.0 Å². The van der Waals surface area contributed by atoms with Gasteiger partial charge in [0.25, 0.3) is 0 Å². The van der Waals surface area contributed by atoms with Crippen molar-refractivity contribution in [2.45, 2.75) is 45.4 Å². The van der Waals surface area contributed by atoms with Crippen molar-refractivity contribution >= 4 is 0 Å². The maximum absolute atomic E-state index is 13.4. The summed E-state index contributed by atoms with van der Waals surface area (Å²) in [7, 11) is 0. The highest BCUT2D eigenvalue weighted by Crippen LogP contribution is 2.31. The van der Waals surface area contributed by atoms with Crippen molar-refractivity contribution in [2.24, 2.45) is 11.8 Å². The Bertz CT molecular complexity index is 472. The van der Waals surface area contributed by atoms with Crippen LogP contribution in [-0.4, -0.2) is 6.61 Å². The van der Waals surface area contributed by atoms with E-state index in [1.165, 1.54) is 44.2 Å². The number of benzene rings is 1. The number of hydrogen-bond acceptors (Lipinski definition) is 2. The first-order valence-corrected chi connectivity index (χ1v) is 7.51. The summed E-state index contributed by atoms with van der Waals surface area (Å²) in [6, 6.07) is 6.22. The fourth-order valence-electron chi connectivity index (χ4n) is 2.86. The summed E-state index contributed by atoms with van der Waals surface area (Å²) in [5.74, 6) is 1.74. The van der Waals surface area contributed by atoms with Gasteiger partial charge in [0.05, 0.1) is 12.2 Å². The molecule has 3 heteroatoms. The Kier molecular flexibility index (Phi) is 5.40. The van der Waals surface area contributed by atoms with Crippen LogP contribution in [0.3, 0.4) is 0 Å². The van der Waals surface area contributed by atoms with E-state index in [-0.39, 0.29) is 5.56 Å².